The number of ketones is 1. The summed E-state index contributed by atoms with van der Waals surface area (Å²) in [5, 5.41) is 9.43. The normalized spacial score (nSPS) is 12.3. The number of aliphatic hydroxyl groups is 1. The molecule has 0 heterocycles. The molecule has 0 aliphatic heterocycles. The molecule has 7 nitrogen and oxygen atoms in total. The zero-order valence-corrected chi connectivity index (χ0v) is 14.0. The van der Waals surface area contributed by atoms with Gasteiger partial charge in [0.25, 0.3) is 0 Å². The molecule has 1 aromatic rings. The molecule has 1 unspecified atom stereocenters. The van der Waals surface area contributed by atoms with Crippen molar-refractivity contribution in [2.45, 2.75) is 13.0 Å². The third-order valence-corrected chi connectivity index (χ3v) is 2.71. The first-order chi connectivity index (χ1) is 8.79. The van der Waals surface area contributed by atoms with E-state index in [-0.39, 0.29) is 41.9 Å². The molecule has 0 aliphatic carbocycles. The first-order valence-corrected chi connectivity index (χ1v) is 6.81. The van der Waals surface area contributed by atoms with Crippen LogP contribution in [0, 0.1) is 0 Å². The molecule has 2 N–H and O–H groups in total. The fourth-order valence-corrected chi connectivity index (χ4v) is 1.72. The molecule has 0 amide bonds. The summed E-state index contributed by atoms with van der Waals surface area (Å²) in [6.07, 6.45) is -1.19. The third kappa shape index (κ3) is 7.34. The van der Waals surface area contributed by atoms with Crippen molar-refractivity contribution in [2.24, 2.45) is 0 Å². The SMILES string of the molecule is CC(=O)c1ccccc1OCC(O)CNS(=O)(=O)[O-].[Na+]. The number of carbonyl (C=O) groups is 1. The molecule has 1 aromatic carbocycles. The largest absolute Gasteiger partial charge is 1.00 e. The van der Waals surface area contributed by atoms with E-state index in [4.69, 9.17) is 4.74 Å². The molecule has 1 rings (SSSR count). The van der Waals surface area contributed by atoms with Crippen LogP contribution in [0.3, 0.4) is 0 Å². The van der Waals surface area contributed by atoms with Gasteiger partial charge in [0.05, 0.1) is 5.56 Å². The molecule has 0 fully saturated rings. The summed E-state index contributed by atoms with van der Waals surface area (Å²) in [4.78, 5) is 11.3. The second kappa shape index (κ2) is 8.73. The van der Waals surface area contributed by atoms with Gasteiger partial charge in [0, 0.05) is 6.54 Å². The van der Waals surface area contributed by atoms with Gasteiger partial charge in [-0.2, -0.15) is 0 Å². The number of rotatable bonds is 7. The average Bonchev–Trinajstić information content (AvgIpc) is 2.33. The minimum absolute atomic E-state index is 0. The van der Waals surface area contributed by atoms with E-state index in [0.717, 1.165) is 0 Å². The molecule has 0 aromatic heterocycles. The van der Waals surface area contributed by atoms with Crippen LogP contribution < -0.4 is 39.0 Å². The Morgan fingerprint density at radius 3 is 2.60 bits per heavy atom. The van der Waals surface area contributed by atoms with Crippen LogP contribution in [0.5, 0.6) is 5.75 Å². The fraction of sp³-hybridized carbons (Fsp3) is 0.364. The zero-order chi connectivity index (χ0) is 14.5. The third-order valence-electron chi connectivity index (χ3n) is 2.19. The summed E-state index contributed by atoms with van der Waals surface area (Å²) in [7, 11) is -4.59. The van der Waals surface area contributed by atoms with Gasteiger partial charge in [-0.05, 0) is 19.1 Å². The molecule has 106 valence electrons. The number of carbonyl (C=O) groups excluding carboxylic acids is 1. The molecule has 0 spiro atoms. The number of benzene rings is 1. The van der Waals surface area contributed by atoms with Crippen molar-refractivity contribution in [3.8, 4) is 5.75 Å². The fourth-order valence-electron chi connectivity index (χ4n) is 1.33. The quantitative estimate of drug-likeness (QED) is 0.309. The average molecular weight is 311 g/mol. The Morgan fingerprint density at radius 1 is 1.45 bits per heavy atom. The van der Waals surface area contributed by atoms with E-state index < -0.39 is 23.0 Å². The van der Waals surface area contributed by atoms with Crippen LogP contribution in [0.4, 0.5) is 0 Å². The van der Waals surface area contributed by atoms with Crippen molar-refractivity contribution in [3.63, 3.8) is 0 Å². The maximum Gasteiger partial charge on any atom is 1.00 e. The number of hydrogen-bond acceptors (Lipinski definition) is 6. The molecular weight excluding hydrogens is 297 g/mol. The van der Waals surface area contributed by atoms with E-state index in [1.807, 2.05) is 0 Å². The standard InChI is InChI=1S/C11H15NO6S.Na/c1-8(13)10-4-2-3-5-11(10)18-7-9(14)6-12-19(15,16)17;/h2-5,9,12,14H,6-7H2,1H3,(H,15,16,17);/q;+1/p-1. The van der Waals surface area contributed by atoms with Crippen LogP contribution in [0.1, 0.15) is 17.3 Å². The Labute approximate surface area is 139 Å². The number of para-hydroxylation sites is 1. The summed E-state index contributed by atoms with van der Waals surface area (Å²) in [6, 6.07) is 6.46. The number of hydrogen-bond donors (Lipinski definition) is 2. The van der Waals surface area contributed by atoms with E-state index in [1.165, 1.54) is 6.92 Å². The second-order valence-electron chi connectivity index (χ2n) is 3.82. The van der Waals surface area contributed by atoms with Crippen LogP contribution in [-0.2, 0) is 10.3 Å². The predicted molar refractivity (Wildman–Crippen MR) is 65.6 cm³/mol. The first kappa shape index (κ1) is 19.5. The van der Waals surface area contributed by atoms with E-state index in [2.05, 4.69) is 0 Å². The maximum absolute atomic E-state index is 11.3. The molecule has 0 saturated heterocycles. The summed E-state index contributed by atoms with van der Waals surface area (Å²) < 4.78 is 37.7. The number of aliphatic hydroxyl groups excluding tert-OH is 1. The van der Waals surface area contributed by atoms with Crippen molar-refractivity contribution in [2.75, 3.05) is 13.2 Å². The van der Waals surface area contributed by atoms with Gasteiger partial charge >= 0.3 is 29.6 Å². The van der Waals surface area contributed by atoms with Crippen molar-refractivity contribution in [3.05, 3.63) is 29.8 Å². The van der Waals surface area contributed by atoms with Gasteiger partial charge in [0.15, 0.2) is 16.1 Å². The maximum atomic E-state index is 11.3. The molecule has 0 radical (unpaired) electrons. The van der Waals surface area contributed by atoms with Gasteiger partial charge in [-0.15, -0.1) is 0 Å². The van der Waals surface area contributed by atoms with Gasteiger partial charge in [-0.3, -0.25) is 4.79 Å². The number of nitrogens with one attached hydrogen (secondary N) is 1. The van der Waals surface area contributed by atoms with Crippen LogP contribution in [-0.4, -0.2) is 43.1 Å². The minimum atomic E-state index is -4.59. The molecule has 0 aliphatic rings. The van der Waals surface area contributed by atoms with Crippen LogP contribution in [0.2, 0.25) is 0 Å². The summed E-state index contributed by atoms with van der Waals surface area (Å²) in [6.45, 7) is 0.686. The molecule has 0 bridgehead atoms. The summed E-state index contributed by atoms with van der Waals surface area (Å²) in [5.74, 6) is 0.101. The monoisotopic (exact) mass is 311 g/mol. The molecule has 9 heteroatoms. The van der Waals surface area contributed by atoms with Crippen LogP contribution in [0.25, 0.3) is 0 Å². The number of Topliss-reactive ketones (excluding diaryl/α,β-unsaturated/α-hetero) is 1. The minimum Gasteiger partial charge on any atom is -0.735 e. The van der Waals surface area contributed by atoms with E-state index >= 15 is 0 Å². The van der Waals surface area contributed by atoms with Gasteiger partial charge in [-0.25, -0.2) is 13.1 Å². The number of ether oxygens (including phenoxy) is 1. The predicted octanol–water partition coefficient (Wildman–Crippen LogP) is -3.32. The van der Waals surface area contributed by atoms with Crippen molar-refractivity contribution in [1.29, 1.82) is 0 Å². The Bertz CT molecular complexity index is 548. The summed E-state index contributed by atoms with van der Waals surface area (Å²) in [5.41, 5.74) is 0.360. The molecular formula is C11H14NNaO6S. The van der Waals surface area contributed by atoms with Crippen LogP contribution >= 0.6 is 0 Å². The Balaban J connectivity index is 0.00000361. The topological polar surface area (TPSA) is 116 Å². The molecule has 1 atom stereocenters. The Hall–Kier alpha value is -0.480. The van der Waals surface area contributed by atoms with Gasteiger partial charge in [-0.1, -0.05) is 12.1 Å². The van der Waals surface area contributed by atoms with Crippen molar-refractivity contribution in [1.82, 2.24) is 4.72 Å². The van der Waals surface area contributed by atoms with E-state index in [1.54, 1.807) is 29.0 Å². The van der Waals surface area contributed by atoms with Crippen molar-refractivity contribution >= 4 is 16.1 Å². The Morgan fingerprint density at radius 2 is 2.05 bits per heavy atom. The molecule has 0 saturated carbocycles. The van der Waals surface area contributed by atoms with E-state index in [9.17, 15) is 22.9 Å². The summed E-state index contributed by atoms with van der Waals surface area (Å²) >= 11 is 0. The molecule has 20 heavy (non-hydrogen) atoms. The first-order valence-electron chi connectivity index (χ1n) is 5.41. The van der Waals surface area contributed by atoms with Crippen molar-refractivity contribution < 1.29 is 57.2 Å². The van der Waals surface area contributed by atoms with Crippen LogP contribution in [0.15, 0.2) is 24.3 Å². The van der Waals surface area contributed by atoms with Gasteiger partial charge in [0.1, 0.15) is 18.5 Å². The van der Waals surface area contributed by atoms with E-state index in [0.29, 0.717) is 11.3 Å². The van der Waals surface area contributed by atoms with Gasteiger partial charge in [0.2, 0.25) is 0 Å². The Kier molecular flexibility index (Phi) is 8.52. The van der Waals surface area contributed by atoms with Gasteiger partial charge < -0.3 is 14.4 Å². The second-order valence-corrected chi connectivity index (χ2v) is 5.02. The zero-order valence-electron chi connectivity index (χ0n) is 11.2. The smallest absolute Gasteiger partial charge is 0.735 e.